The number of hydrogen-bond acceptors (Lipinski definition) is 6. The normalized spacial score (nSPS) is 23.0. The smallest absolute Gasteiger partial charge is 0.223 e. The lowest BCUT2D eigenvalue weighted by atomic mass is 9.92. The number of hydrogen-bond donors (Lipinski definition) is 1. The minimum atomic E-state index is 0.148. The molecule has 28 heavy (non-hydrogen) atoms. The van der Waals surface area contributed by atoms with Gasteiger partial charge in [-0.15, -0.1) is 0 Å². The van der Waals surface area contributed by atoms with Gasteiger partial charge in [0.25, 0.3) is 0 Å². The van der Waals surface area contributed by atoms with E-state index in [0.29, 0.717) is 6.04 Å². The fraction of sp³-hybridized carbons (Fsp3) is 0.762. The summed E-state index contributed by atoms with van der Waals surface area (Å²) in [5, 5.41) is 3.32. The van der Waals surface area contributed by atoms with E-state index in [1.54, 1.807) is 6.33 Å². The summed E-state index contributed by atoms with van der Waals surface area (Å²) in [7, 11) is 2.17. The largest absolute Gasteiger partial charge is 0.367 e. The zero-order valence-corrected chi connectivity index (χ0v) is 17.1. The maximum atomic E-state index is 12.7. The number of piperazine rings is 1. The Kier molecular flexibility index (Phi) is 6.29. The molecule has 2 aliphatic heterocycles. The van der Waals surface area contributed by atoms with Crippen molar-refractivity contribution in [2.75, 3.05) is 56.1 Å². The van der Waals surface area contributed by atoms with Crippen molar-refractivity contribution < 1.29 is 4.79 Å². The number of piperidine rings is 1. The summed E-state index contributed by atoms with van der Waals surface area (Å²) in [6.45, 7) is 5.93. The van der Waals surface area contributed by atoms with E-state index in [4.69, 9.17) is 0 Å². The second-order valence-electron chi connectivity index (χ2n) is 8.63. The second kappa shape index (κ2) is 9.07. The SMILES string of the molecule is CN1CCN(c2ncncc2N2CCC(C(=O)NC3CCCCC3)CC2)CC1. The average molecular weight is 387 g/mol. The summed E-state index contributed by atoms with van der Waals surface area (Å²) in [5.74, 6) is 1.47. The molecule has 1 aromatic rings. The van der Waals surface area contributed by atoms with Crippen molar-refractivity contribution in [2.24, 2.45) is 5.92 Å². The first-order valence-electron chi connectivity index (χ1n) is 11.0. The van der Waals surface area contributed by atoms with E-state index in [2.05, 4.69) is 37.0 Å². The van der Waals surface area contributed by atoms with Gasteiger partial charge in [-0.1, -0.05) is 19.3 Å². The van der Waals surface area contributed by atoms with Crippen LogP contribution in [0, 0.1) is 5.92 Å². The van der Waals surface area contributed by atoms with Gasteiger partial charge in [-0.05, 0) is 32.7 Å². The summed E-state index contributed by atoms with van der Waals surface area (Å²) in [5.41, 5.74) is 1.12. The Balaban J connectivity index is 1.34. The van der Waals surface area contributed by atoms with Gasteiger partial charge in [0.05, 0.1) is 11.9 Å². The Morgan fingerprint density at radius 2 is 1.68 bits per heavy atom. The molecule has 3 heterocycles. The second-order valence-corrected chi connectivity index (χ2v) is 8.63. The number of likely N-dealkylation sites (N-methyl/N-ethyl adjacent to an activating group) is 1. The van der Waals surface area contributed by atoms with E-state index in [9.17, 15) is 4.79 Å². The zero-order valence-electron chi connectivity index (χ0n) is 17.1. The van der Waals surface area contributed by atoms with Gasteiger partial charge in [0.1, 0.15) is 6.33 Å². The Morgan fingerprint density at radius 3 is 2.39 bits per heavy atom. The van der Waals surface area contributed by atoms with Crippen molar-refractivity contribution in [3.05, 3.63) is 12.5 Å². The van der Waals surface area contributed by atoms with Crippen molar-refractivity contribution in [1.29, 1.82) is 0 Å². The van der Waals surface area contributed by atoms with Gasteiger partial charge in [0.2, 0.25) is 5.91 Å². The van der Waals surface area contributed by atoms with E-state index in [0.717, 1.165) is 76.5 Å². The molecule has 0 radical (unpaired) electrons. The molecule has 3 aliphatic rings. The van der Waals surface area contributed by atoms with E-state index >= 15 is 0 Å². The summed E-state index contributed by atoms with van der Waals surface area (Å²) < 4.78 is 0. The molecule has 1 amide bonds. The number of rotatable bonds is 4. The topological polar surface area (TPSA) is 64.6 Å². The van der Waals surface area contributed by atoms with E-state index < -0.39 is 0 Å². The van der Waals surface area contributed by atoms with Crippen molar-refractivity contribution in [2.45, 2.75) is 51.0 Å². The van der Waals surface area contributed by atoms with E-state index in [1.807, 2.05) is 6.20 Å². The summed E-state index contributed by atoms with van der Waals surface area (Å²) >= 11 is 0. The molecule has 0 bridgehead atoms. The van der Waals surface area contributed by atoms with Gasteiger partial charge in [-0.2, -0.15) is 0 Å². The fourth-order valence-corrected chi connectivity index (χ4v) is 4.75. The molecule has 0 atom stereocenters. The van der Waals surface area contributed by atoms with Gasteiger partial charge >= 0.3 is 0 Å². The predicted molar refractivity (Wildman–Crippen MR) is 112 cm³/mol. The van der Waals surface area contributed by atoms with Crippen molar-refractivity contribution >= 4 is 17.4 Å². The lowest BCUT2D eigenvalue weighted by molar-refractivity contribution is -0.126. The monoisotopic (exact) mass is 386 g/mol. The number of aromatic nitrogens is 2. The third-order valence-electron chi connectivity index (χ3n) is 6.63. The number of nitrogens with one attached hydrogen (secondary N) is 1. The highest BCUT2D eigenvalue weighted by atomic mass is 16.1. The summed E-state index contributed by atoms with van der Waals surface area (Å²) in [4.78, 5) is 28.7. The first-order chi connectivity index (χ1) is 13.7. The molecule has 0 spiro atoms. The first-order valence-corrected chi connectivity index (χ1v) is 11.0. The quantitative estimate of drug-likeness (QED) is 0.853. The highest BCUT2D eigenvalue weighted by Gasteiger charge is 2.29. The maximum absolute atomic E-state index is 12.7. The van der Waals surface area contributed by atoms with Crippen LogP contribution in [0.25, 0.3) is 0 Å². The molecule has 4 rings (SSSR count). The molecule has 7 heteroatoms. The molecule has 3 fully saturated rings. The van der Waals surface area contributed by atoms with Gasteiger partial charge in [0, 0.05) is 51.2 Å². The highest BCUT2D eigenvalue weighted by molar-refractivity contribution is 5.79. The highest BCUT2D eigenvalue weighted by Crippen LogP contribution is 2.30. The maximum Gasteiger partial charge on any atom is 0.223 e. The van der Waals surface area contributed by atoms with Crippen molar-refractivity contribution in [3.63, 3.8) is 0 Å². The predicted octanol–water partition coefficient (Wildman–Crippen LogP) is 1.89. The molecule has 0 aromatic carbocycles. The van der Waals surface area contributed by atoms with Crippen LogP contribution >= 0.6 is 0 Å². The first kappa shape index (κ1) is 19.4. The van der Waals surface area contributed by atoms with Gasteiger partial charge < -0.3 is 20.0 Å². The van der Waals surface area contributed by atoms with Crippen LogP contribution in [0.4, 0.5) is 11.5 Å². The molecule has 1 saturated carbocycles. The fourth-order valence-electron chi connectivity index (χ4n) is 4.75. The molecular weight excluding hydrogens is 352 g/mol. The molecule has 1 aliphatic carbocycles. The number of carbonyl (C=O) groups is 1. The molecule has 2 saturated heterocycles. The molecule has 1 aromatic heterocycles. The van der Waals surface area contributed by atoms with Crippen LogP contribution in [0.1, 0.15) is 44.9 Å². The molecule has 0 unspecified atom stereocenters. The van der Waals surface area contributed by atoms with Gasteiger partial charge in [-0.25, -0.2) is 9.97 Å². The van der Waals surface area contributed by atoms with Crippen LogP contribution in [-0.2, 0) is 4.79 Å². The Hall–Kier alpha value is -1.89. The Labute approximate surface area is 168 Å². The zero-order chi connectivity index (χ0) is 19.3. The van der Waals surface area contributed by atoms with E-state index in [1.165, 1.54) is 19.3 Å². The Morgan fingerprint density at radius 1 is 0.964 bits per heavy atom. The lowest BCUT2D eigenvalue weighted by Gasteiger charge is -2.38. The standard InChI is InChI=1S/C21H34N6O/c1-25-11-13-27(14-12-25)20-19(15-22-16-23-20)26-9-7-17(8-10-26)21(28)24-18-5-3-2-4-6-18/h15-18H,2-14H2,1H3,(H,24,28). The minimum absolute atomic E-state index is 0.148. The molecule has 154 valence electrons. The number of carbonyl (C=O) groups excluding carboxylic acids is 1. The lowest BCUT2D eigenvalue weighted by Crippen LogP contribution is -2.46. The third-order valence-corrected chi connectivity index (χ3v) is 6.63. The Bertz CT molecular complexity index is 646. The molecule has 1 N–H and O–H groups in total. The number of amides is 1. The molecule has 7 nitrogen and oxygen atoms in total. The van der Waals surface area contributed by atoms with Crippen molar-refractivity contribution in [1.82, 2.24) is 20.2 Å². The van der Waals surface area contributed by atoms with Crippen LogP contribution < -0.4 is 15.1 Å². The van der Waals surface area contributed by atoms with Crippen molar-refractivity contribution in [3.8, 4) is 0 Å². The van der Waals surface area contributed by atoms with Gasteiger partial charge in [-0.3, -0.25) is 4.79 Å². The summed E-state index contributed by atoms with van der Waals surface area (Å²) in [6, 6.07) is 0.408. The van der Waals surface area contributed by atoms with Crippen LogP contribution in [-0.4, -0.2) is 73.1 Å². The van der Waals surface area contributed by atoms with E-state index in [-0.39, 0.29) is 11.8 Å². The van der Waals surface area contributed by atoms with Gasteiger partial charge in [0.15, 0.2) is 5.82 Å². The average Bonchev–Trinajstić information content (AvgIpc) is 2.75. The van der Waals surface area contributed by atoms with Crippen LogP contribution in [0.2, 0.25) is 0 Å². The summed E-state index contributed by atoms with van der Waals surface area (Å²) in [6.07, 6.45) is 11.6. The van der Waals surface area contributed by atoms with Crippen LogP contribution in [0.3, 0.4) is 0 Å². The minimum Gasteiger partial charge on any atom is -0.367 e. The number of nitrogens with zero attached hydrogens (tertiary/aromatic N) is 5. The number of anilines is 2. The molecular formula is C21H34N6O. The third kappa shape index (κ3) is 4.57. The van der Waals surface area contributed by atoms with Crippen LogP contribution in [0.5, 0.6) is 0 Å². The van der Waals surface area contributed by atoms with Crippen LogP contribution in [0.15, 0.2) is 12.5 Å².